The fourth-order valence-electron chi connectivity index (χ4n) is 6.72. The molecule has 3 aromatic rings. The molecule has 0 radical (unpaired) electrons. The van der Waals surface area contributed by atoms with Crippen LogP contribution in [0.4, 0.5) is 10.2 Å². The molecule has 5 atom stereocenters. The minimum absolute atomic E-state index is 0.0869. The summed E-state index contributed by atoms with van der Waals surface area (Å²) in [5.74, 6) is -0.300. The zero-order valence-corrected chi connectivity index (χ0v) is 33.6. The number of fused-ring (bicyclic) bond motifs is 1. The van der Waals surface area contributed by atoms with Crippen LogP contribution in [0.5, 0.6) is 5.75 Å². The third-order valence-corrected chi connectivity index (χ3v) is 11.3. The van der Waals surface area contributed by atoms with Gasteiger partial charge in [0.25, 0.3) is 8.18 Å². The first kappa shape index (κ1) is 43.6. The molecule has 13 nitrogen and oxygen atoms in total. The number of hydroxylamine groups is 1. The lowest BCUT2D eigenvalue weighted by Crippen LogP contribution is -2.42. The molecule has 0 saturated carbocycles. The summed E-state index contributed by atoms with van der Waals surface area (Å²) in [5, 5.41) is 11.1. The average Bonchev–Trinajstić information content (AvgIpc) is 3.72. The van der Waals surface area contributed by atoms with Crippen molar-refractivity contribution in [1.29, 1.82) is 0 Å². The van der Waals surface area contributed by atoms with Crippen molar-refractivity contribution in [1.82, 2.24) is 24.4 Å². The van der Waals surface area contributed by atoms with Crippen molar-refractivity contribution in [2.24, 2.45) is 0 Å². The summed E-state index contributed by atoms with van der Waals surface area (Å²) < 4.78 is 47.6. The molecule has 1 saturated heterocycles. The van der Waals surface area contributed by atoms with Crippen molar-refractivity contribution >= 4 is 31.1 Å². The number of hydrogen-bond acceptors (Lipinski definition) is 11. The quantitative estimate of drug-likeness (QED) is 0.0262. The summed E-state index contributed by atoms with van der Waals surface area (Å²) in [7, 11) is -3.27. The number of carbonyl (C=O) groups is 1. The summed E-state index contributed by atoms with van der Waals surface area (Å²) in [6.45, 7) is 7.33. The highest BCUT2D eigenvalue weighted by Crippen LogP contribution is 2.41. The monoisotopic (exact) mass is 776 g/mol. The molecule has 0 amide bonds. The number of para-hydroxylation sites is 1. The molecular formula is C39H62FN6O7P. The van der Waals surface area contributed by atoms with Gasteiger partial charge in [0.05, 0.1) is 19.0 Å². The number of imidazole rings is 1. The van der Waals surface area contributed by atoms with E-state index in [0.717, 1.165) is 43.4 Å². The Morgan fingerprint density at radius 1 is 1.02 bits per heavy atom. The van der Waals surface area contributed by atoms with Gasteiger partial charge in [-0.05, 0) is 51.7 Å². The van der Waals surface area contributed by atoms with E-state index in [9.17, 15) is 18.9 Å². The fourth-order valence-corrected chi connectivity index (χ4v) is 7.86. The van der Waals surface area contributed by atoms with Gasteiger partial charge in [0.15, 0.2) is 17.0 Å². The Labute approximate surface area is 320 Å². The number of hydrogen-bond donors (Lipinski definition) is 2. The maximum Gasteiger partial charge on any atom is 0.327 e. The maximum absolute atomic E-state index is 14.0. The number of rotatable bonds is 26. The molecule has 0 spiro atoms. The van der Waals surface area contributed by atoms with Crippen LogP contribution in [0.1, 0.15) is 143 Å². The minimum atomic E-state index is -3.27. The van der Waals surface area contributed by atoms with Crippen LogP contribution in [0.2, 0.25) is 0 Å². The second-order valence-electron chi connectivity index (χ2n) is 14.7. The number of nitrogen functional groups attached to an aromatic ring is 1. The number of ether oxygens (including phenoxy) is 2. The van der Waals surface area contributed by atoms with Crippen LogP contribution in [0.3, 0.4) is 0 Å². The van der Waals surface area contributed by atoms with Gasteiger partial charge < -0.3 is 29.7 Å². The molecule has 2 aromatic heterocycles. The lowest BCUT2D eigenvalue weighted by atomic mass is 10.0. The van der Waals surface area contributed by atoms with Crippen LogP contribution in [-0.4, -0.2) is 65.9 Å². The molecule has 1 aliphatic heterocycles. The Balaban J connectivity index is 1.40. The third-order valence-electron chi connectivity index (χ3n) is 10.1. The molecule has 4 rings (SSSR count). The predicted octanol–water partition coefficient (Wildman–Crippen LogP) is 8.87. The lowest BCUT2D eigenvalue weighted by Gasteiger charge is -2.31. The molecule has 1 aromatic carbocycles. The summed E-state index contributed by atoms with van der Waals surface area (Å²) in [4.78, 5) is 32.3. The number of anilines is 1. The van der Waals surface area contributed by atoms with Crippen LogP contribution < -0.4 is 10.6 Å². The van der Waals surface area contributed by atoms with E-state index in [1.54, 1.807) is 38.1 Å². The molecule has 0 aliphatic carbocycles. The van der Waals surface area contributed by atoms with Gasteiger partial charge in [-0.3, -0.25) is 13.9 Å². The molecule has 1 aliphatic rings. The Morgan fingerprint density at radius 3 is 2.22 bits per heavy atom. The normalized spacial score (nSPS) is 19.9. The van der Waals surface area contributed by atoms with E-state index in [2.05, 4.69) is 28.8 Å². The lowest BCUT2D eigenvalue weighted by molar-refractivity contribution is -0.161. The standard InChI is InChI=1S/C39H62FN6O7P/c1-5-7-9-11-13-15-18-22-30(23-19-16-14-12-10-8-6-2)51-37(48)29(3)46(53-31-24-20-17-21-25-31)54(49)50-27-39(4)32(47)26-33(52-39)45-28-42-34-35(41)43-38(40)44-36(34)45/h17,20-21,24-25,28-30,32-33,47,54H,5-16,18-19,22-23,26-27H2,1-4H3,(H2,41,43,44)/t29-,32-,33+,39+/m0/s1. The molecule has 54 heavy (non-hydrogen) atoms. The third kappa shape index (κ3) is 13.0. The van der Waals surface area contributed by atoms with E-state index in [1.165, 1.54) is 75.1 Å². The topological polar surface area (TPSA) is 164 Å². The Morgan fingerprint density at radius 2 is 1.61 bits per heavy atom. The molecule has 1 fully saturated rings. The van der Waals surface area contributed by atoms with Gasteiger partial charge in [-0.25, -0.2) is 4.98 Å². The van der Waals surface area contributed by atoms with Crippen molar-refractivity contribution in [2.75, 3.05) is 12.3 Å². The number of unbranched alkanes of at least 4 members (excludes halogenated alkanes) is 12. The van der Waals surface area contributed by atoms with E-state index in [1.807, 2.05) is 6.07 Å². The Hall–Kier alpha value is -3.16. The maximum atomic E-state index is 14.0. The van der Waals surface area contributed by atoms with Crippen molar-refractivity contribution in [3.63, 3.8) is 0 Å². The first-order valence-corrected chi connectivity index (χ1v) is 21.2. The molecule has 1 unspecified atom stereocenters. The number of carbonyl (C=O) groups excluding carboxylic acids is 1. The van der Waals surface area contributed by atoms with Gasteiger partial charge in [0.1, 0.15) is 29.7 Å². The first-order chi connectivity index (χ1) is 26.1. The Bertz CT molecular complexity index is 1570. The second-order valence-corrected chi connectivity index (χ2v) is 15.9. The van der Waals surface area contributed by atoms with E-state index in [-0.39, 0.29) is 36.1 Å². The van der Waals surface area contributed by atoms with E-state index in [0.29, 0.717) is 5.75 Å². The zero-order valence-electron chi connectivity index (χ0n) is 32.6. The summed E-state index contributed by atoms with van der Waals surface area (Å²) in [5.41, 5.74) is 4.80. The molecule has 15 heteroatoms. The number of aliphatic hydroxyl groups is 1. The number of esters is 1. The smallest absolute Gasteiger partial charge is 0.327 e. The molecular weight excluding hydrogens is 714 g/mol. The van der Waals surface area contributed by atoms with Crippen LogP contribution in [0, 0.1) is 6.08 Å². The van der Waals surface area contributed by atoms with Crippen LogP contribution >= 0.6 is 8.18 Å². The number of aromatic nitrogens is 4. The largest absolute Gasteiger partial charge is 0.461 e. The van der Waals surface area contributed by atoms with Crippen LogP contribution in [-0.2, 0) is 23.4 Å². The molecule has 3 N–H and O–H groups in total. The van der Waals surface area contributed by atoms with Gasteiger partial charge >= 0.3 is 12.0 Å². The number of nitrogens with two attached hydrogens (primary N) is 1. The number of benzene rings is 1. The van der Waals surface area contributed by atoms with Gasteiger partial charge in [0.2, 0.25) is 0 Å². The van der Waals surface area contributed by atoms with Crippen molar-refractivity contribution in [3.05, 3.63) is 42.7 Å². The van der Waals surface area contributed by atoms with E-state index < -0.39 is 44.2 Å². The van der Waals surface area contributed by atoms with Crippen molar-refractivity contribution < 1.29 is 37.7 Å². The van der Waals surface area contributed by atoms with E-state index in [4.69, 9.17) is 24.6 Å². The zero-order chi connectivity index (χ0) is 38.9. The van der Waals surface area contributed by atoms with Gasteiger partial charge in [-0.2, -0.15) is 14.4 Å². The van der Waals surface area contributed by atoms with Gasteiger partial charge in [-0.1, -0.05) is 114 Å². The highest BCUT2D eigenvalue weighted by Gasteiger charge is 2.47. The molecule has 3 heterocycles. The predicted molar refractivity (Wildman–Crippen MR) is 207 cm³/mol. The summed E-state index contributed by atoms with van der Waals surface area (Å²) >= 11 is 0. The summed E-state index contributed by atoms with van der Waals surface area (Å²) in [6.07, 6.45) is 16.3. The summed E-state index contributed by atoms with van der Waals surface area (Å²) in [6, 6.07) is 7.66. The van der Waals surface area contributed by atoms with Gasteiger partial charge in [-0.15, -0.1) is 0 Å². The average molecular weight is 777 g/mol. The number of nitrogens with zero attached hydrogens (tertiary/aromatic N) is 5. The van der Waals surface area contributed by atoms with Crippen LogP contribution in [0.15, 0.2) is 36.7 Å². The SMILES string of the molecule is CCCCCCCCCC(CCCCCCCCC)OC(=O)[C@H](C)N(Oc1ccccc1)[PH](=O)OC[C@@]1(C)O[C@@H](n2cnc3c(N)nc(F)nc32)C[C@@H]1O. The number of aliphatic hydroxyl groups excluding tert-OH is 1. The highest BCUT2D eigenvalue weighted by molar-refractivity contribution is 7.36. The number of halogens is 1. The minimum Gasteiger partial charge on any atom is -0.461 e. The fraction of sp³-hybridized carbons (Fsp3) is 0.692. The van der Waals surface area contributed by atoms with Gasteiger partial charge in [0, 0.05) is 6.42 Å². The van der Waals surface area contributed by atoms with E-state index >= 15 is 0 Å². The first-order valence-electron chi connectivity index (χ1n) is 20.0. The second kappa shape index (κ2) is 22.4. The molecule has 302 valence electrons. The van der Waals surface area contributed by atoms with Crippen molar-refractivity contribution in [3.8, 4) is 5.75 Å². The van der Waals surface area contributed by atoms with Crippen molar-refractivity contribution in [2.45, 2.75) is 167 Å². The Kier molecular flexibility index (Phi) is 18.1. The highest BCUT2D eigenvalue weighted by atomic mass is 31.1. The van der Waals surface area contributed by atoms with Crippen LogP contribution in [0.25, 0.3) is 11.2 Å². The molecule has 0 bridgehead atoms.